The standard InChI is InChI=1S/C21H24ClN5O2/c1-29-20-7-6-19(25-26-20)27-10-2-3-15(13-27)21(28)23-9-8-14-12-24-18-5-4-16(22)11-17(14)18/h4-7,11-12,15,24H,2-3,8-10,13H2,1H3,(H,23,28). The zero-order chi connectivity index (χ0) is 20.2. The lowest BCUT2D eigenvalue weighted by Gasteiger charge is -2.32. The van der Waals surface area contributed by atoms with E-state index in [1.807, 2.05) is 30.5 Å². The first-order valence-corrected chi connectivity index (χ1v) is 10.2. The molecule has 7 nitrogen and oxygen atoms in total. The van der Waals surface area contributed by atoms with E-state index in [2.05, 4.69) is 25.4 Å². The number of carbonyl (C=O) groups is 1. The quantitative estimate of drug-likeness (QED) is 0.648. The zero-order valence-electron chi connectivity index (χ0n) is 16.3. The Labute approximate surface area is 174 Å². The molecular formula is C21H24ClN5O2. The number of nitrogens with one attached hydrogen (secondary N) is 2. The second-order valence-corrected chi connectivity index (χ2v) is 7.70. The van der Waals surface area contributed by atoms with Crippen molar-refractivity contribution in [2.45, 2.75) is 19.3 Å². The molecule has 29 heavy (non-hydrogen) atoms. The molecule has 3 heterocycles. The molecule has 152 valence electrons. The van der Waals surface area contributed by atoms with Gasteiger partial charge in [-0.2, -0.15) is 0 Å². The Morgan fingerprint density at radius 1 is 1.34 bits per heavy atom. The predicted molar refractivity (Wildman–Crippen MR) is 114 cm³/mol. The highest BCUT2D eigenvalue weighted by Crippen LogP contribution is 2.24. The maximum Gasteiger partial charge on any atom is 0.233 e. The number of methoxy groups -OCH3 is 1. The minimum Gasteiger partial charge on any atom is -0.480 e. The second kappa shape index (κ2) is 8.69. The summed E-state index contributed by atoms with van der Waals surface area (Å²) >= 11 is 6.11. The van der Waals surface area contributed by atoms with Crippen molar-refractivity contribution < 1.29 is 9.53 Å². The van der Waals surface area contributed by atoms with Crippen molar-refractivity contribution in [3.8, 4) is 5.88 Å². The first kappa shape index (κ1) is 19.5. The maximum atomic E-state index is 12.7. The van der Waals surface area contributed by atoms with E-state index in [1.165, 1.54) is 0 Å². The Morgan fingerprint density at radius 3 is 3.03 bits per heavy atom. The summed E-state index contributed by atoms with van der Waals surface area (Å²) in [4.78, 5) is 18.1. The van der Waals surface area contributed by atoms with Gasteiger partial charge >= 0.3 is 0 Å². The van der Waals surface area contributed by atoms with E-state index in [9.17, 15) is 4.79 Å². The van der Waals surface area contributed by atoms with Crippen molar-refractivity contribution in [3.05, 3.63) is 47.1 Å². The van der Waals surface area contributed by atoms with Crippen molar-refractivity contribution in [1.82, 2.24) is 20.5 Å². The van der Waals surface area contributed by atoms with Gasteiger partial charge in [-0.3, -0.25) is 4.79 Å². The summed E-state index contributed by atoms with van der Waals surface area (Å²) in [6.07, 6.45) is 4.58. The summed E-state index contributed by atoms with van der Waals surface area (Å²) in [6, 6.07) is 9.47. The van der Waals surface area contributed by atoms with Crippen molar-refractivity contribution >= 4 is 34.2 Å². The third kappa shape index (κ3) is 4.45. The molecule has 1 aromatic carbocycles. The monoisotopic (exact) mass is 413 g/mol. The highest BCUT2D eigenvalue weighted by atomic mass is 35.5. The van der Waals surface area contributed by atoms with Crippen LogP contribution >= 0.6 is 11.6 Å². The van der Waals surface area contributed by atoms with E-state index in [0.717, 1.165) is 48.1 Å². The van der Waals surface area contributed by atoms with Crippen LogP contribution in [0, 0.1) is 5.92 Å². The van der Waals surface area contributed by atoms with Crippen LogP contribution < -0.4 is 15.0 Å². The lowest BCUT2D eigenvalue weighted by atomic mass is 9.97. The van der Waals surface area contributed by atoms with Crippen LogP contribution in [0.2, 0.25) is 5.02 Å². The predicted octanol–water partition coefficient (Wildman–Crippen LogP) is 3.20. The highest BCUT2D eigenvalue weighted by Gasteiger charge is 2.26. The normalized spacial score (nSPS) is 16.8. The summed E-state index contributed by atoms with van der Waals surface area (Å²) in [7, 11) is 1.57. The summed E-state index contributed by atoms with van der Waals surface area (Å²) in [5.74, 6) is 1.30. The average Bonchev–Trinajstić information content (AvgIpc) is 3.16. The van der Waals surface area contributed by atoms with Crippen LogP contribution in [-0.4, -0.2) is 47.8 Å². The molecule has 0 aliphatic carbocycles. The van der Waals surface area contributed by atoms with E-state index >= 15 is 0 Å². The molecule has 1 aliphatic heterocycles. The van der Waals surface area contributed by atoms with E-state index in [0.29, 0.717) is 24.0 Å². The van der Waals surface area contributed by atoms with Gasteiger partial charge in [0.15, 0.2) is 5.82 Å². The Balaban J connectivity index is 1.32. The van der Waals surface area contributed by atoms with Crippen LogP contribution in [0.1, 0.15) is 18.4 Å². The number of aromatic nitrogens is 3. The number of hydrogen-bond acceptors (Lipinski definition) is 5. The van der Waals surface area contributed by atoms with Gasteiger partial charge in [-0.05, 0) is 49.1 Å². The molecule has 0 saturated carbocycles. The lowest BCUT2D eigenvalue weighted by molar-refractivity contribution is -0.125. The van der Waals surface area contributed by atoms with Crippen LogP contribution in [0.15, 0.2) is 36.5 Å². The molecule has 1 unspecified atom stereocenters. The van der Waals surface area contributed by atoms with Gasteiger partial charge in [0.2, 0.25) is 11.8 Å². The van der Waals surface area contributed by atoms with E-state index in [4.69, 9.17) is 16.3 Å². The van der Waals surface area contributed by atoms with Gasteiger partial charge in [0.05, 0.1) is 13.0 Å². The van der Waals surface area contributed by atoms with Gasteiger partial charge in [-0.1, -0.05) is 11.6 Å². The molecule has 8 heteroatoms. The Bertz CT molecular complexity index is 988. The van der Waals surface area contributed by atoms with Crippen LogP contribution in [0.3, 0.4) is 0 Å². The summed E-state index contributed by atoms with van der Waals surface area (Å²) in [5.41, 5.74) is 2.21. The molecule has 2 aromatic heterocycles. The number of amides is 1. The van der Waals surface area contributed by atoms with Crippen molar-refractivity contribution in [2.75, 3.05) is 31.6 Å². The van der Waals surface area contributed by atoms with E-state index in [-0.39, 0.29) is 11.8 Å². The second-order valence-electron chi connectivity index (χ2n) is 7.26. The number of nitrogens with zero attached hydrogens (tertiary/aromatic N) is 3. The van der Waals surface area contributed by atoms with E-state index in [1.54, 1.807) is 13.2 Å². The number of ether oxygens (including phenoxy) is 1. The van der Waals surface area contributed by atoms with Crippen LogP contribution in [0.4, 0.5) is 5.82 Å². The summed E-state index contributed by atoms with van der Waals surface area (Å²) < 4.78 is 5.06. The third-order valence-electron chi connectivity index (χ3n) is 5.37. The largest absolute Gasteiger partial charge is 0.480 e. The lowest BCUT2D eigenvalue weighted by Crippen LogP contribution is -2.43. The van der Waals surface area contributed by atoms with Gasteiger partial charge in [0.1, 0.15) is 0 Å². The summed E-state index contributed by atoms with van der Waals surface area (Å²) in [5, 5.41) is 13.1. The molecule has 0 radical (unpaired) electrons. The molecular weight excluding hydrogens is 390 g/mol. The number of piperidine rings is 1. The number of hydrogen-bond donors (Lipinski definition) is 2. The molecule has 1 amide bonds. The van der Waals surface area contributed by atoms with Crippen molar-refractivity contribution in [3.63, 3.8) is 0 Å². The Kier molecular flexibility index (Phi) is 5.85. The van der Waals surface area contributed by atoms with Crippen LogP contribution in [0.5, 0.6) is 5.88 Å². The van der Waals surface area contributed by atoms with Crippen molar-refractivity contribution in [2.24, 2.45) is 5.92 Å². The van der Waals surface area contributed by atoms with Crippen molar-refractivity contribution in [1.29, 1.82) is 0 Å². The fourth-order valence-electron chi connectivity index (χ4n) is 3.81. The third-order valence-corrected chi connectivity index (χ3v) is 5.61. The van der Waals surface area contributed by atoms with Gasteiger partial charge in [0, 0.05) is 47.8 Å². The van der Waals surface area contributed by atoms with Gasteiger partial charge < -0.3 is 19.9 Å². The van der Waals surface area contributed by atoms with Gasteiger partial charge in [0.25, 0.3) is 0 Å². The van der Waals surface area contributed by atoms with Gasteiger partial charge in [-0.25, -0.2) is 0 Å². The molecule has 0 bridgehead atoms. The Morgan fingerprint density at radius 2 is 2.24 bits per heavy atom. The van der Waals surface area contributed by atoms with E-state index < -0.39 is 0 Å². The number of anilines is 1. The molecule has 0 spiro atoms. The number of halogens is 1. The number of fused-ring (bicyclic) bond motifs is 1. The Hall–Kier alpha value is -2.80. The smallest absolute Gasteiger partial charge is 0.233 e. The van der Waals surface area contributed by atoms with Crippen LogP contribution in [-0.2, 0) is 11.2 Å². The number of carbonyl (C=O) groups excluding carboxylic acids is 1. The molecule has 1 aliphatic rings. The molecule has 1 fully saturated rings. The maximum absolute atomic E-state index is 12.7. The fourth-order valence-corrected chi connectivity index (χ4v) is 3.98. The molecule has 1 saturated heterocycles. The molecule has 3 aromatic rings. The SMILES string of the molecule is COc1ccc(N2CCCC(C(=O)NCCc3c[nH]c4ccc(Cl)cc34)C2)nn1. The number of rotatable bonds is 6. The average molecular weight is 414 g/mol. The zero-order valence-corrected chi connectivity index (χ0v) is 17.1. The number of H-pyrrole nitrogens is 1. The topological polar surface area (TPSA) is 83.1 Å². The van der Waals surface area contributed by atoms with Gasteiger partial charge in [-0.15, -0.1) is 10.2 Å². The number of aromatic amines is 1. The minimum absolute atomic E-state index is 0.0509. The first-order chi connectivity index (χ1) is 14.1. The van der Waals surface area contributed by atoms with Crippen LogP contribution in [0.25, 0.3) is 10.9 Å². The first-order valence-electron chi connectivity index (χ1n) is 9.80. The minimum atomic E-state index is -0.0509. The molecule has 2 N–H and O–H groups in total. The molecule has 4 rings (SSSR count). The fraction of sp³-hybridized carbons (Fsp3) is 0.381. The number of benzene rings is 1. The summed E-state index contributed by atoms with van der Waals surface area (Å²) in [6.45, 7) is 2.12. The highest BCUT2D eigenvalue weighted by molar-refractivity contribution is 6.31. The molecule has 1 atom stereocenters.